The number of thiazole rings is 1. The van der Waals surface area contributed by atoms with Crippen molar-refractivity contribution in [2.45, 2.75) is 38.6 Å². The molecule has 5 rings (SSSR count). The van der Waals surface area contributed by atoms with E-state index in [0.29, 0.717) is 0 Å². The first-order valence-electron chi connectivity index (χ1n) is 10.0. The van der Waals surface area contributed by atoms with Crippen LogP contribution < -0.4 is 9.38 Å². The van der Waals surface area contributed by atoms with Gasteiger partial charge in [0, 0.05) is 0 Å². The molecule has 0 saturated heterocycles. The Kier molecular flexibility index (Phi) is 4.89. The molecule has 1 aliphatic rings. The van der Waals surface area contributed by atoms with E-state index in [1.165, 1.54) is 26.6 Å². The second-order valence-corrected chi connectivity index (χ2v) is 9.74. The number of nitrogens with zero attached hydrogens (tertiary/aromatic N) is 3. The normalized spacial score (nSPS) is 13.9. The number of rotatable bonds is 5. The van der Waals surface area contributed by atoms with Crippen molar-refractivity contribution in [2.75, 3.05) is 4.90 Å². The van der Waals surface area contributed by atoms with Gasteiger partial charge in [-0.1, -0.05) is 0 Å². The summed E-state index contributed by atoms with van der Waals surface area (Å²) in [7, 11) is 0. The Morgan fingerprint density at radius 2 is 1.97 bits per heavy atom. The minimum absolute atomic E-state index is 0.0671. The van der Waals surface area contributed by atoms with Crippen molar-refractivity contribution < 1.29 is 4.79 Å². The van der Waals surface area contributed by atoms with Crippen molar-refractivity contribution in [1.82, 2.24) is 9.97 Å². The molecule has 1 saturated carbocycles. The SMILES string of the molecule is CCCc1nc2c([AsH2])nc3cc(N(C(=O)c4ccccc4)C4CC4)ccc3c2s1. The topological polar surface area (TPSA) is 46.1 Å². The van der Waals surface area contributed by atoms with Gasteiger partial charge in [0.25, 0.3) is 0 Å². The summed E-state index contributed by atoms with van der Waals surface area (Å²) in [6.45, 7) is 2.18. The maximum absolute atomic E-state index is 13.2. The van der Waals surface area contributed by atoms with Crippen molar-refractivity contribution in [1.29, 1.82) is 0 Å². The Morgan fingerprint density at radius 3 is 2.69 bits per heavy atom. The van der Waals surface area contributed by atoms with Gasteiger partial charge in [0.05, 0.1) is 0 Å². The minimum atomic E-state index is 0.0671. The van der Waals surface area contributed by atoms with Crippen LogP contribution in [0.3, 0.4) is 0 Å². The third-order valence-corrected chi connectivity index (χ3v) is 7.27. The van der Waals surface area contributed by atoms with Gasteiger partial charge in [-0.2, -0.15) is 0 Å². The number of hydrogen-bond acceptors (Lipinski definition) is 4. The number of aromatic nitrogens is 2. The average Bonchev–Trinajstić information content (AvgIpc) is 3.47. The molecule has 1 aliphatic carbocycles. The van der Waals surface area contributed by atoms with E-state index in [2.05, 4.69) is 25.1 Å². The predicted octanol–water partition coefficient (Wildman–Crippen LogP) is 3.86. The number of carbonyl (C=O) groups is 1. The average molecular weight is 463 g/mol. The second kappa shape index (κ2) is 7.55. The molecule has 29 heavy (non-hydrogen) atoms. The summed E-state index contributed by atoms with van der Waals surface area (Å²) in [6.07, 6.45) is 4.21. The van der Waals surface area contributed by atoms with Crippen LogP contribution in [0.25, 0.3) is 21.1 Å². The molecular weight excluding hydrogens is 441 g/mol. The number of pyridine rings is 1. The third kappa shape index (κ3) is 3.47. The summed E-state index contributed by atoms with van der Waals surface area (Å²) in [5, 5.41) is 2.31. The first-order valence-corrected chi connectivity index (χ1v) is 12.1. The van der Waals surface area contributed by atoms with Crippen LogP contribution in [0.2, 0.25) is 0 Å². The van der Waals surface area contributed by atoms with Crippen LogP contribution >= 0.6 is 11.3 Å². The molecule has 6 heteroatoms. The van der Waals surface area contributed by atoms with Gasteiger partial charge < -0.3 is 0 Å². The van der Waals surface area contributed by atoms with Gasteiger partial charge in [-0.15, -0.1) is 0 Å². The molecule has 2 aromatic carbocycles. The molecule has 1 fully saturated rings. The summed E-state index contributed by atoms with van der Waals surface area (Å²) in [5.41, 5.74) is 3.66. The van der Waals surface area contributed by atoms with Crippen LogP contribution in [0, 0.1) is 0 Å². The molecule has 0 spiro atoms. The maximum atomic E-state index is 13.2. The van der Waals surface area contributed by atoms with E-state index in [0.717, 1.165) is 57.8 Å². The van der Waals surface area contributed by atoms with Gasteiger partial charge in [0.1, 0.15) is 0 Å². The molecule has 2 aromatic heterocycles. The Labute approximate surface area is 182 Å². The number of benzene rings is 2. The van der Waals surface area contributed by atoms with E-state index in [1.54, 1.807) is 11.3 Å². The Hall–Kier alpha value is -2.23. The summed E-state index contributed by atoms with van der Waals surface area (Å²) < 4.78 is 2.24. The molecule has 1 amide bonds. The van der Waals surface area contributed by atoms with E-state index >= 15 is 0 Å². The van der Waals surface area contributed by atoms with Crippen molar-refractivity contribution in [2.24, 2.45) is 0 Å². The van der Waals surface area contributed by atoms with E-state index in [-0.39, 0.29) is 11.9 Å². The predicted molar refractivity (Wildman–Crippen MR) is 123 cm³/mol. The van der Waals surface area contributed by atoms with Gasteiger partial charge in [0.15, 0.2) is 0 Å². The molecule has 4 nitrogen and oxygen atoms in total. The Balaban J connectivity index is 1.61. The zero-order chi connectivity index (χ0) is 20.0. The molecule has 146 valence electrons. The Morgan fingerprint density at radius 1 is 1.17 bits per heavy atom. The van der Waals surface area contributed by atoms with E-state index in [4.69, 9.17) is 9.97 Å². The molecule has 0 bridgehead atoms. The quantitative estimate of drug-likeness (QED) is 0.423. The molecule has 1 unspecified atom stereocenters. The summed E-state index contributed by atoms with van der Waals surface area (Å²) in [5.74, 6) is 0.0671. The van der Waals surface area contributed by atoms with Gasteiger partial charge in [-0.25, -0.2) is 0 Å². The number of aryl methyl sites for hydroxylation is 1. The van der Waals surface area contributed by atoms with Crippen LogP contribution in [-0.2, 0) is 6.42 Å². The zero-order valence-electron chi connectivity index (χ0n) is 16.3. The van der Waals surface area contributed by atoms with Gasteiger partial charge in [0.2, 0.25) is 0 Å². The van der Waals surface area contributed by atoms with Crippen molar-refractivity contribution >= 4 is 65.4 Å². The zero-order valence-corrected chi connectivity index (χ0v) is 19.5. The number of anilines is 1. The molecule has 0 aliphatic heterocycles. The number of fused-ring (bicyclic) bond motifs is 3. The van der Waals surface area contributed by atoms with E-state index in [9.17, 15) is 4.79 Å². The standard InChI is InChI=1S/C23H22AsN3OS/c1-2-6-19-26-20-21(29-19)17-12-11-16(13-18(17)25-22(20)24)27(15-9-10-15)23(28)14-7-4-3-5-8-14/h3-5,7-8,11-13,15H,2,6,9-10,24H2,1H3. The molecule has 0 radical (unpaired) electrons. The summed E-state index contributed by atoms with van der Waals surface area (Å²) in [6, 6.07) is 16.1. The van der Waals surface area contributed by atoms with Gasteiger partial charge in [-0.05, 0) is 0 Å². The number of carbonyl (C=O) groups excluding carboxylic acids is 1. The summed E-state index contributed by atoms with van der Waals surface area (Å²) >= 11 is 3.28. The summed E-state index contributed by atoms with van der Waals surface area (Å²) in [4.78, 5) is 24.9. The molecular formula is C23H22AsN3OS. The molecule has 2 heterocycles. The van der Waals surface area contributed by atoms with E-state index < -0.39 is 0 Å². The van der Waals surface area contributed by atoms with E-state index in [1.807, 2.05) is 35.2 Å². The van der Waals surface area contributed by atoms with Crippen LogP contribution in [0.5, 0.6) is 0 Å². The Bertz CT molecular complexity index is 1220. The third-order valence-electron chi connectivity index (χ3n) is 5.27. The first-order chi connectivity index (χ1) is 14.2. The van der Waals surface area contributed by atoms with Gasteiger partial charge >= 0.3 is 183 Å². The van der Waals surface area contributed by atoms with Crippen LogP contribution in [0.15, 0.2) is 48.5 Å². The second-order valence-electron chi connectivity index (χ2n) is 7.51. The monoisotopic (exact) mass is 463 g/mol. The number of amides is 1. The molecule has 0 N–H and O–H groups in total. The van der Waals surface area contributed by atoms with Crippen LogP contribution in [-0.4, -0.2) is 38.8 Å². The number of hydrogen-bond donors (Lipinski definition) is 0. The fourth-order valence-corrected chi connectivity index (χ4v) is 5.88. The van der Waals surface area contributed by atoms with Crippen LogP contribution in [0.4, 0.5) is 5.69 Å². The van der Waals surface area contributed by atoms with Crippen molar-refractivity contribution in [3.05, 3.63) is 59.1 Å². The fourth-order valence-electron chi connectivity index (χ4n) is 3.72. The van der Waals surface area contributed by atoms with Crippen molar-refractivity contribution in [3.63, 3.8) is 0 Å². The fraction of sp³-hybridized carbons (Fsp3) is 0.261. The first kappa shape index (κ1) is 18.8. The molecule has 1 atom stereocenters. The molecule has 4 aromatic rings. The van der Waals surface area contributed by atoms with Crippen LogP contribution in [0.1, 0.15) is 41.6 Å². The van der Waals surface area contributed by atoms with Crippen molar-refractivity contribution in [3.8, 4) is 0 Å². The van der Waals surface area contributed by atoms with Gasteiger partial charge in [-0.3, -0.25) is 0 Å².